The van der Waals surface area contributed by atoms with E-state index in [2.05, 4.69) is 5.32 Å². The van der Waals surface area contributed by atoms with E-state index in [-0.39, 0.29) is 36.0 Å². The van der Waals surface area contributed by atoms with Crippen LogP contribution >= 0.6 is 0 Å². The van der Waals surface area contributed by atoms with Gasteiger partial charge in [0.1, 0.15) is 0 Å². The molecule has 0 radical (unpaired) electrons. The van der Waals surface area contributed by atoms with E-state index < -0.39 is 40.6 Å². The monoisotopic (exact) mass is 551 g/mol. The predicted molar refractivity (Wildman–Crippen MR) is 145 cm³/mol. The van der Waals surface area contributed by atoms with E-state index in [1.165, 1.54) is 18.2 Å². The number of carbonyl (C=O) groups is 4. The highest BCUT2D eigenvalue weighted by Crippen LogP contribution is 2.34. The smallest absolute Gasteiger partial charge is 0.477 e. The SMILES string of the molecule is CCC(C)N[C@@](Cc1ccc(OC(=O)C(C)(C)C)c(OC(=O)C(C)(C)C)c1)(OC(=O)OCC(C)(C)C)C(=O)O. The zero-order valence-corrected chi connectivity index (χ0v) is 25.1. The van der Waals surface area contributed by atoms with E-state index >= 15 is 0 Å². The fourth-order valence-electron chi connectivity index (χ4n) is 2.86. The Labute approximate surface area is 231 Å². The Morgan fingerprint density at radius 2 is 1.38 bits per heavy atom. The molecule has 0 amide bonds. The van der Waals surface area contributed by atoms with Gasteiger partial charge in [0.2, 0.25) is 0 Å². The van der Waals surface area contributed by atoms with Gasteiger partial charge in [-0.05, 0) is 78.0 Å². The summed E-state index contributed by atoms with van der Waals surface area (Å²) in [4.78, 5) is 50.4. The van der Waals surface area contributed by atoms with Crippen LogP contribution in [-0.4, -0.2) is 47.5 Å². The number of esters is 2. The fourth-order valence-corrected chi connectivity index (χ4v) is 2.86. The lowest BCUT2D eigenvalue weighted by Crippen LogP contribution is -2.59. The molecule has 10 heteroatoms. The molecule has 1 unspecified atom stereocenters. The number of nitrogens with one attached hydrogen (secondary N) is 1. The van der Waals surface area contributed by atoms with Crippen LogP contribution in [0.25, 0.3) is 0 Å². The molecule has 39 heavy (non-hydrogen) atoms. The van der Waals surface area contributed by atoms with Gasteiger partial charge in [0, 0.05) is 12.5 Å². The highest BCUT2D eigenvalue weighted by molar-refractivity contribution is 5.82. The normalized spacial score (nSPS) is 14.5. The van der Waals surface area contributed by atoms with E-state index in [1.54, 1.807) is 48.5 Å². The third kappa shape index (κ3) is 10.9. The molecular weight excluding hydrogens is 506 g/mol. The zero-order chi connectivity index (χ0) is 30.4. The van der Waals surface area contributed by atoms with Crippen LogP contribution < -0.4 is 14.8 Å². The molecule has 10 nitrogen and oxygen atoms in total. The maximum atomic E-state index is 12.7. The van der Waals surface area contributed by atoms with E-state index in [9.17, 15) is 24.3 Å². The van der Waals surface area contributed by atoms with Crippen molar-refractivity contribution >= 4 is 24.1 Å². The number of rotatable bonds is 10. The minimum Gasteiger partial charge on any atom is -0.477 e. The molecule has 220 valence electrons. The number of hydrogen-bond donors (Lipinski definition) is 2. The number of aliphatic carboxylic acids is 1. The number of carbonyl (C=O) groups excluding carboxylic acids is 3. The predicted octanol–water partition coefficient (Wildman–Crippen LogP) is 5.50. The second-order valence-corrected chi connectivity index (χ2v) is 13.0. The van der Waals surface area contributed by atoms with Crippen LogP contribution in [0, 0.1) is 16.2 Å². The summed E-state index contributed by atoms with van der Waals surface area (Å²) in [6, 6.07) is 3.98. The largest absolute Gasteiger partial charge is 0.510 e. The van der Waals surface area contributed by atoms with Gasteiger partial charge in [-0.2, -0.15) is 0 Å². The highest BCUT2D eigenvalue weighted by atomic mass is 16.7. The summed E-state index contributed by atoms with van der Waals surface area (Å²) >= 11 is 0. The second-order valence-electron chi connectivity index (χ2n) is 13.0. The average Bonchev–Trinajstić information content (AvgIpc) is 2.77. The molecule has 1 rings (SSSR count). The number of carboxylic acid groups (broad SMARTS) is 1. The lowest BCUT2D eigenvalue weighted by atomic mass is 9.97. The Bertz CT molecular complexity index is 1040. The van der Waals surface area contributed by atoms with E-state index in [0.29, 0.717) is 12.0 Å². The topological polar surface area (TPSA) is 137 Å². The molecule has 0 aliphatic heterocycles. The van der Waals surface area contributed by atoms with Crippen molar-refractivity contribution in [3.8, 4) is 11.5 Å². The summed E-state index contributed by atoms with van der Waals surface area (Å²) in [5.41, 5.74) is -3.92. The summed E-state index contributed by atoms with van der Waals surface area (Å²) in [6.07, 6.45) is -0.936. The van der Waals surface area contributed by atoms with Gasteiger partial charge in [0.05, 0.1) is 17.4 Å². The van der Waals surface area contributed by atoms with Crippen molar-refractivity contribution in [2.24, 2.45) is 16.2 Å². The van der Waals surface area contributed by atoms with E-state index in [1.807, 2.05) is 27.7 Å². The van der Waals surface area contributed by atoms with Crippen molar-refractivity contribution < 1.29 is 43.2 Å². The van der Waals surface area contributed by atoms with Crippen molar-refractivity contribution in [1.82, 2.24) is 5.32 Å². The Kier molecular flexibility index (Phi) is 11.1. The first-order chi connectivity index (χ1) is 17.6. The van der Waals surface area contributed by atoms with Crippen LogP contribution in [0.2, 0.25) is 0 Å². The summed E-state index contributed by atoms with van der Waals surface area (Å²) in [5.74, 6) is -2.64. The first kappa shape index (κ1) is 33.9. The quantitative estimate of drug-likeness (QED) is 0.218. The number of ether oxygens (including phenoxy) is 4. The molecule has 1 aromatic rings. The fraction of sp³-hybridized carbons (Fsp3) is 0.655. The molecule has 0 bridgehead atoms. The lowest BCUT2D eigenvalue weighted by molar-refractivity contribution is -0.167. The van der Waals surface area contributed by atoms with Crippen molar-refractivity contribution in [3.05, 3.63) is 23.8 Å². The van der Waals surface area contributed by atoms with Crippen molar-refractivity contribution in [2.75, 3.05) is 6.61 Å². The van der Waals surface area contributed by atoms with Crippen LogP contribution in [0.15, 0.2) is 18.2 Å². The molecule has 0 aromatic heterocycles. The van der Waals surface area contributed by atoms with E-state index in [0.717, 1.165) is 0 Å². The first-order valence-corrected chi connectivity index (χ1v) is 13.0. The van der Waals surface area contributed by atoms with Crippen LogP contribution in [-0.2, 0) is 30.3 Å². The maximum absolute atomic E-state index is 12.7. The lowest BCUT2D eigenvalue weighted by Gasteiger charge is -2.33. The van der Waals surface area contributed by atoms with Crippen LogP contribution in [0.3, 0.4) is 0 Å². The van der Waals surface area contributed by atoms with Gasteiger partial charge in [0.15, 0.2) is 11.5 Å². The van der Waals surface area contributed by atoms with Crippen molar-refractivity contribution in [2.45, 2.75) is 101 Å². The molecular formula is C29H45NO9. The molecule has 0 heterocycles. The summed E-state index contributed by atoms with van der Waals surface area (Å²) in [5, 5.41) is 13.1. The van der Waals surface area contributed by atoms with Gasteiger partial charge < -0.3 is 24.1 Å². The van der Waals surface area contributed by atoms with Gasteiger partial charge in [-0.25, -0.2) is 9.59 Å². The Morgan fingerprint density at radius 1 is 0.872 bits per heavy atom. The van der Waals surface area contributed by atoms with Gasteiger partial charge >= 0.3 is 24.1 Å². The second kappa shape index (κ2) is 12.8. The molecule has 0 spiro atoms. The zero-order valence-electron chi connectivity index (χ0n) is 25.1. The molecule has 0 aliphatic rings. The molecule has 2 atom stereocenters. The Balaban J connectivity index is 3.53. The highest BCUT2D eigenvalue weighted by Gasteiger charge is 2.45. The Morgan fingerprint density at radius 3 is 1.82 bits per heavy atom. The maximum Gasteiger partial charge on any atom is 0.510 e. The first-order valence-electron chi connectivity index (χ1n) is 13.0. The third-order valence-corrected chi connectivity index (χ3v) is 5.41. The minimum atomic E-state index is -2.20. The molecule has 1 aromatic carbocycles. The molecule has 0 fully saturated rings. The molecule has 2 N–H and O–H groups in total. The van der Waals surface area contributed by atoms with Gasteiger partial charge in [-0.15, -0.1) is 0 Å². The van der Waals surface area contributed by atoms with E-state index in [4.69, 9.17) is 18.9 Å². The summed E-state index contributed by atoms with van der Waals surface area (Å²) < 4.78 is 21.7. The average molecular weight is 552 g/mol. The number of benzene rings is 1. The van der Waals surface area contributed by atoms with Gasteiger partial charge in [-0.1, -0.05) is 33.8 Å². The summed E-state index contributed by atoms with van der Waals surface area (Å²) in [7, 11) is 0. The van der Waals surface area contributed by atoms with Gasteiger partial charge in [-0.3, -0.25) is 14.9 Å². The third-order valence-electron chi connectivity index (χ3n) is 5.41. The van der Waals surface area contributed by atoms with Crippen LogP contribution in [0.5, 0.6) is 11.5 Å². The molecule has 0 saturated carbocycles. The number of hydrogen-bond acceptors (Lipinski definition) is 9. The van der Waals surface area contributed by atoms with Crippen molar-refractivity contribution in [1.29, 1.82) is 0 Å². The van der Waals surface area contributed by atoms with Crippen LogP contribution in [0.1, 0.15) is 88.1 Å². The minimum absolute atomic E-state index is 0.00223. The van der Waals surface area contributed by atoms with Crippen LogP contribution in [0.4, 0.5) is 4.79 Å². The Hall–Kier alpha value is -3.14. The van der Waals surface area contributed by atoms with Crippen molar-refractivity contribution in [3.63, 3.8) is 0 Å². The molecule has 0 aliphatic carbocycles. The standard InChI is InChI=1S/C29H45NO9/c1-12-18(2)30-29(22(31)32,39-25(35)36-17-26(3,4)5)16-19-13-14-20(37-23(33)27(6,7)8)21(15-19)38-24(34)28(9,10)11/h13-15,18,30H,12,16-17H2,1-11H3,(H,31,32)/t18?,29-/m0/s1. The molecule has 0 saturated heterocycles. The summed E-state index contributed by atoms with van der Waals surface area (Å²) in [6.45, 7) is 19.3. The number of carboxylic acids is 1. The van der Waals surface area contributed by atoms with Gasteiger partial charge in [0.25, 0.3) is 5.72 Å².